The Hall–Kier alpha value is -2.18. The van der Waals surface area contributed by atoms with E-state index in [4.69, 9.17) is 28.3 Å². The monoisotopic (exact) mass is 311 g/mol. The van der Waals surface area contributed by atoms with Crippen molar-refractivity contribution in [2.24, 2.45) is 0 Å². The minimum Gasteiger partial charge on any atom is -0.478 e. The van der Waals surface area contributed by atoms with Crippen LogP contribution in [0.15, 0.2) is 30.6 Å². The van der Waals surface area contributed by atoms with Crippen LogP contribution in [-0.2, 0) is 0 Å². The summed E-state index contributed by atoms with van der Waals surface area (Å²) in [4.78, 5) is 30.2. The molecule has 1 heterocycles. The van der Waals surface area contributed by atoms with Gasteiger partial charge in [-0.2, -0.15) is 0 Å². The predicted molar refractivity (Wildman–Crippen MR) is 73.4 cm³/mol. The Morgan fingerprint density at radius 2 is 1.90 bits per heavy atom. The lowest BCUT2D eigenvalue weighted by Gasteiger charge is -2.07. The molecule has 6 nitrogen and oxygen atoms in total. The first-order valence-electron chi connectivity index (χ1n) is 5.29. The van der Waals surface area contributed by atoms with Gasteiger partial charge in [-0.1, -0.05) is 23.2 Å². The van der Waals surface area contributed by atoms with E-state index in [2.05, 4.69) is 15.3 Å². The maximum absolute atomic E-state index is 11.9. The van der Waals surface area contributed by atoms with Gasteiger partial charge in [0.15, 0.2) is 0 Å². The topological polar surface area (TPSA) is 92.2 Å². The molecule has 1 aromatic heterocycles. The van der Waals surface area contributed by atoms with Crippen LogP contribution in [0.25, 0.3) is 0 Å². The average molecular weight is 312 g/mol. The molecule has 0 unspecified atom stereocenters. The largest absolute Gasteiger partial charge is 0.478 e. The minimum atomic E-state index is -1.10. The van der Waals surface area contributed by atoms with Crippen LogP contribution in [0.4, 0.5) is 5.69 Å². The molecule has 8 heteroatoms. The van der Waals surface area contributed by atoms with E-state index in [1.807, 2.05) is 0 Å². The maximum Gasteiger partial charge on any atom is 0.335 e. The molecule has 0 atom stereocenters. The number of aromatic carboxylic acids is 1. The smallest absolute Gasteiger partial charge is 0.335 e. The number of carboxylic acids is 1. The molecule has 1 aromatic carbocycles. The van der Waals surface area contributed by atoms with Crippen LogP contribution in [0.2, 0.25) is 10.2 Å². The lowest BCUT2D eigenvalue weighted by molar-refractivity contribution is 0.0696. The van der Waals surface area contributed by atoms with Gasteiger partial charge in [0.25, 0.3) is 5.91 Å². The second-order valence-electron chi connectivity index (χ2n) is 3.68. The van der Waals surface area contributed by atoms with Crippen molar-refractivity contribution in [1.29, 1.82) is 0 Å². The SMILES string of the molecule is O=C(O)c1ccc(NC(=O)c2cnc(Cl)cn2)c(Cl)c1. The summed E-state index contributed by atoms with van der Waals surface area (Å²) in [5, 5.41) is 11.6. The zero-order chi connectivity index (χ0) is 14.7. The summed E-state index contributed by atoms with van der Waals surface area (Å²) in [5.74, 6) is -1.63. The second kappa shape index (κ2) is 5.85. The molecule has 0 aliphatic carbocycles. The third-order valence-corrected chi connectivity index (χ3v) is 2.83. The van der Waals surface area contributed by atoms with E-state index in [0.29, 0.717) is 0 Å². The van der Waals surface area contributed by atoms with E-state index in [1.54, 1.807) is 0 Å². The third kappa shape index (κ3) is 3.23. The van der Waals surface area contributed by atoms with Gasteiger partial charge in [0.1, 0.15) is 10.8 Å². The molecule has 0 aliphatic heterocycles. The van der Waals surface area contributed by atoms with Gasteiger partial charge in [0.05, 0.1) is 28.7 Å². The summed E-state index contributed by atoms with van der Waals surface area (Å²) in [6.07, 6.45) is 2.46. The first kappa shape index (κ1) is 14.2. The molecule has 102 valence electrons. The Bertz CT molecular complexity index is 674. The number of rotatable bonds is 3. The Balaban J connectivity index is 2.19. The number of benzene rings is 1. The number of hydrogen-bond acceptors (Lipinski definition) is 4. The minimum absolute atomic E-state index is 0.0271. The maximum atomic E-state index is 11.9. The average Bonchev–Trinajstić information content (AvgIpc) is 2.41. The molecule has 2 N–H and O–H groups in total. The number of anilines is 1. The highest BCUT2D eigenvalue weighted by atomic mass is 35.5. The van der Waals surface area contributed by atoms with Crippen molar-refractivity contribution in [2.75, 3.05) is 5.32 Å². The fourth-order valence-electron chi connectivity index (χ4n) is 1.37. The molecule has 0 saturated heterocycles. The summed E-state index contributed by atoms with van der Waals surface area (Å²) in [7, 11) is 0. The van der Waals surface area contributed by atoms with E-state index < -0.39 is 11.9 Å². The highest BCUT2D eigenvalue weighted by Gasteiger charge is 2.12. The highest BCUT2D eigenvalue weighted by molar-refractivity contribution is 6.34. The summed E-state index contributed by atoms with van der Waals surface area (Å²) in [6, 6.07) is 3.97. The first-order chi connectivity index (χ1) is 9.47. The number of nitrogens with zero attached hydrogens (tertiary/aromatic N) is 2. The molecule has 1 amide bonds. The molecule has 2 rings (SSSR count). The van der Waals surface area contributed by atoms with Gasteiger partial charge >= 0.3 is 5.97 Å². The summed E-state index contributed by atoms with van der Waals surface area (Å²) in [5.41, 5.74) is 0.366. The van der Waals surface area contributed by atoms with E-state index in [0.717, 1.165) is 0 Å². The van der Waals surface area contributed by atoms with Crippen molar-refractivity contribution < 1.29 is 14.7 Å². The number of hydrogen-bond donors (Lipinski definition) is 2. The van der Waals surface area contributed by atoms with Crippen molar-refractivity contribution in [1.82, 2.24) is 9.97 Å². The van der Waals surface area contributed by atoms with Gasteiger partial charge in [-0.3, -0.25) is 4.79 Å². The van der Waals surface area contributed by atoms with Gasteiger partial charge in [-0.15, -0.1) is 0 Å². The van der Waals surface area contributed by atoms with E-state index >= 15 is 0 Å². The van der Waals surface area contributed by atoms with Gasteiger partial charge in [-0.25, -0.2) is 14.8 Å². The van der Waals surface area contributed by atoms with Crippen LogP contribution >= 0.6 is 23.2 Å². The number of carbonyl (C=O) groups is 2. The molecule has 0 spiro atoms. The molecular weight excluding hydrogens is 305 g/mol. The van der Waals surface area contributed by atoms with Gasteiger partial charge in [0, 0.05) is 0 Å². The molecule has 0 bridgehead atoms. The third-order valence-electron chi connectivity index (χ3n) is 2.32. The molecule has 2 aromatic rings. The second-order valence-corrected chi connectivity index (χ2v) is 4.47. The number of aromatic nitrogens is 2. The van der Waals surface area contributed by atoms with Crippen LogP contribution in [0, 0.1) is 0 Å². The Labute approximate surface area is 123 Å². The van der Waals surface area contributed by atoms with E-state index in [-0.39, 0.29) is 27.1 Å². The van der Waals surface area contributed by atoms with Gasteiger partial charge in [0.2, 0.25) is 0 Å². The van der Waals surface area contributed by atoms with E-state index in [9.17, 15) is 9.59 Å². The van der Waals surface area contributed by atoms with Gasteiger partial charge in [-0.05, 0) is 18.2 Å². The quantitative estimate of drug-likeness (QED) is 0.909. The number of amides is 1. The zero-order valence-corrected chi connectivity index (χ0v) is 11.3. The molecule has 0 aliphatic rings. The lowest BCUT2D eigenvalue weighted by atomic mass is 10.2. The molecule has 0 radical (unpaired) electrons. The van der Waals surface area contributed by atoms with Crippen LogP contribution < -0.4 is 5.32 Å². The van der Waals surface area contributed by atoms with Gasteiger partial charge < -0.3 is 10.4 Å². The number of carbonyl (C=O) groups excluding carboxylic acids is 1. The Kier molecular flexibility index (Phi) is 4.16. The molecule has 0 fully saturated rings. The molecular formula is C12H7Cl2N3O3. The van der Waals surface area contributed by atoms with Crippen LogP contribution in [0.1, 0.15) is 20.8 Å². The van der Waals surface area contributed by atoms with Crippen LogP contribution in [0.5, 0.6) is 0 Å². The van der Waals surface area contributed by atoms with Crippen molar-refractivity contribution in [2.45, 2.75) is 0 Å². The zero-order valence-electron chi connectivity index (χ0n) is 9.80. The predicted octanol–water partition coefficient (Wildman–Crippen LogP) is 2.73. The van der Waals surface area contributed by atoms with Crippen molar-refractivity contribution >= 4 is 40.8 Å². The fraction of sp³-hybridized carbons (Fsp3) is 0. The van der Waals surface area contributed by atoms with Crippen molar-refractivity contribution in [3.63, 3.8) is 0 Å². The summed E-state index contributed by atoms with van der Waals surface area (Å²) >= 11 is 11.5. The van der Waals surface area contributed by atoms with Crippen LogP contribution in [-0.4, -0.2) is 27.0 Å². The van der Waals surface area contributed by atoms with Crippen molar-refractivity contribution in [3.8, 4) is 0 Å². The summed E-state index contributed by atoms with van der Waals surface area (Å²) in [6.45, 7) is 0. The number of carboxylic acid groups (broad SMARTS) is 1. The molecule has 20 heavy (non-hydrogen) atoms. The lowest BCUT2D eigenvalue weighted by Crippen LogP contribution is -2.14. The number of nitrogens with one attached hydrogen (secondary N) is 1. The molecule has 0 saturated carbocycles. The Morgan fingerprint density at radius 1 is 1.15 bits per heavy atom. The van der Waals surface area contributed by atoms with E-state index in [1.165, 1.54) is 30.6 Å². The van der Waals surface area contributed by atoms with Crippen LogP contribution in [0.3, 0.4) is 0 Å². The van der Waals surface area contributed by atoms with Crippen molar-refractivity contribution in [3.05, 3.63) is 52.0 Å². The Morgan fingerprint density at radius 3 is 2.45 bits per heavy atom. The highest BCUT2D eigenvalue weighted by Crippen LogP contribution is 2.23. The normalized spacial score (nSPS) is 10.1. The number of halogens is 2. The standard InChI is InChI=1S/C12H7Cl2N3O3/c13-7-3-6(12(19)20)1-2-8(7)17-11(18)9-4-16-10(14)5-15-9/h1-5H,(H,17,18)(H,19,20). The summed E-state index contributed by atoms with van der Waals surface area (Å²) < 4.78 is 0. The first-order valence-corrected chi connectivity index (χ1v) is 6.04. The fourth-order valence-corrected chi connectivity index (χ4v) is 1.69.